The number of rotatable bonds is 6. The van der Waals surface area contributed by atoms with E-state index in [1.165, 1.54) is 6.07 Å². The largest absolute Gasteiger partial charge is 0.421 e. The van der Waals surface area contributed by atoms with Gasteiger partial charge in [-0.3, -0.25) is 9.59 Å². The van der Waals surface area contributed by atoms with Crippen LogP contribution in [0.4, 0.5) is 10.1 Å². The van der Waals surface area contributed by atoms with Gasteiger partial charge in [-0.2, -0.15) is 0 Å². The molecule has 8 heteroatoms. The van der Waals surface area contributed by atoms with Crippen LogP contribution in [0.15, 0.2) is 46.9 Å². The molecule has 2 heterocycles. The summed E-state index contributed by atoms with van der Waals surface area (Å²) in [5.74, 6) is -0.311. The van der Waals surface area contributed by atoms with Crippen molar-refractivity contribution in [1.82, 2.24) is 15.1 Å². The highest BCUT2D eigenvalue weighted by Crippen LogP contribution is 2.28. The van der Waals surface area contributed by atoms with E-state index in [4.69, 9.17) is 4.42 Å². The molecular formula is C25H27FN4O3. The molecule has 7 nitrogen and oxygen atoms in total. The highest BCUT2D eigenvalue weighted by atomic mass is 19.1. The van der Waals surface area contributed by atoms with Crippen molar-refractivity contribution in [2.45, 2.75) is 34.2 Å². The van der Waals surface area contributed by atoms with Crippen molar-refractivity contribution >= 4 is 17.5 Å². The van der Waals surface area contributed by atoms with Crippen LogP contribution in [0.5, 0.6) is 0 Å². The van der Waals surface area contributed by atoms with Gasteiger partial charge in [0.15, 0.2) is 0 Å². The normalized spacial score (nSPS) is 13.8. The van der Waals surface area contributed by atoms with E-state index in [2.05, 4.69) is 10.2 Å². The van der Waals surface area contributed by atoms with E-state index in [-0.39, 0.29) is 36.1 Å². The zero-order valence-corrected chi connectivity index (χ0v) is 19.2. The molecule has 2 amide bonds. The van der Waals surface area contributed by atoms with Gasteiger partial charge in [0.1, 0.15) is 5.82 Å². The number of carbonyl (C=O) groups is 2. The number of likely N-dealkylation sites (tertiary alicyclic amines) is 1. The van der Waals surface area contributed by atoms with E-state index in [9.17, 15) is 9.59 Å². The fraction of sp³-hybridized carbons (Fsp3) is 0.360. The standard InChI is InChI=1S/C25H27FN4O3/c1-15(2)24(31)29-12-20(13-29)25(32)30(21-7-5-6-16(3)10-21)14-19-9-8-18(11-22(19)26)23-28-27-17(4)33-23/h5-11,15,20H,12-14H2,1-4H3. The summed E-state index contributed by atoms with van der Waals surface area (Å²) >= 11 is 0. The van der Waals surface area contributed by atoms with Gasteiger partial charge in [-0.15, -0.1) is 10.2 Å². The molecule has 0 aliphatic carbocycles. The van der Waals surface area contributed by atoms with E-state index in [0.717, 1.165) is 5.56 Å². The fourth-order valence-corrected chi connectivity index (χ4v) is 3.88. The number of anilines is 1. The third-order valence-corrected chi connectivity index (χ3v) is 5.77. The van der Waals surface area contributed by atoms with Gasteiger partial charge in [-0.25, -0.2) is 4.39 Å². The van der Waals surface area contributed by atoms with Crippen LogP contribution in [0.25, 0.3) is 11.5 Å². The van der Waals surface area contributed by atoms with Crippen LogP contribution in [0.2, 0.25) is 0 Å². The Morgan fingerprint density at radius 1 is 1.15 bits per heavy atom. The molecule has 0 atom stereocenters. The SMILES string of the molecule is Cc1cccc(N(Cc2ccc(-c3nnc(C)o3)cc2F)C(=O)C2CN(C(=O)C(C)C)C2)c1. The molecule has 0 spiro atoms. The van der Waals surface area contributed by atoms with Crippen LogP contribution in [-0.2, 0) is 16.1 Å². The Balaban J connectivity index is 1.57. The first kappa shape index (κ1) is 22.6. The highest BCUT2D eigenvalue weighted by Gasteiger charge is 2.39. The molecule has 3 aromatic rings. The van der Waals surface area contributed by atoms with Crippen molar-refractivity contribution in [3.63, 3.8) is 0 Å². The zero-order valence-electron chi connectivity index (χ0n) is 19.2. The van der Waals surface area contributed by atoms with Crippen LogP contribution in [0, 0.1) is 31.5 Å². The second kappa shape index (κ2) is 9.13. The van der Waals surface area contributed by atoms with Gasteiger partial charge in [0.2, 0.25) is 23.6 Å². The maximum Gasteiger partial charge on any atom is 0.247 e. The first-order valence-corrected chi connectivity index (χ1v) is 11.0. The van der Waals surface area contributed by atoms with Gasteiger partial charge in [0, 0.05) is 42.7 Å². The second-order valence-corrected chi connectivity index (χ2v) is 8.79. The highest BCUT2D eigenvalue weighted by molar-refractivity contribution is 5.97. The molecule has 0 N–H and O–H groups in total. The third-order valence-electron chi connectivity index (χ3n) is 5.77. The predicted molar refractivity (Wildman–Crippen MR) is 122 cm³/mol. The first-order chi connectivity index (χ1) is 15.7. The molecule has 1 saturated heterocycles. The van der Waals surface area contributed by atoms with Crippen LogP contribution >= 0.6 is 0 Å². The summed E-state index contributed by atoms with van der Waals surface area (Å²) in [4.78, 5) is 28.9. The van der Waals surface area contributed by atoms with Gasteiger partial charge in [-0.1, -0.05) is 32.0 Å². The minimum absolute atomic E-state index is 0.0408. The van der Waals surface area contributed by atoms with Crippen molar-refractivity contribution in [1.29, 1.82) is 0 Å². The average Bonchev–Trinajstić information content (AvgIpc) is 3.17. The topological polar surface area (TPSA) is 79.5 Å². The van der Waals surface area contributed by atoms with Gasteiger partial charge < -0.3 is 14.2 Å². The Hall–Kier alpha value is -3.55. The Bertz CT molecular complexity index is 1180. The summed E-state index contributed by atoms with van der Waals surface area (Å²) in [5, 5.41) is 7.71. The van der Waals surface area contributed by atoms with E-state index in [1.54, 1.807) is 28.9 Å². The van der Waals surface area contributed by atoms with E-state index >= 15 is 4.39 Å². The molecule has 1 aliphatic rings. The molecular weight excluding hydrogens is 423 g/mol. The maximum absolute atomic E-state index is 15.0. The molecule has 1 aliphatic heterocycles. The maximum atomic E-state index is 15.0. The second-order valence-electron chi connectivity index (χ2n) is 8.79. The number of carbonyl (C=O) groups excluding carboxylic acids is 2. The minimum Gasteiger partial charge on any atom is -0.421 e. The number of halogens is 1. The third kappa shape index (κ3) is 4.79. The number of nitrogens with zero attached hydrogens (tertiary/aromatic N) is 4. The number of aryl methyl sites for hydroxylation is 2. The van der Waals surface area contributed by atoms with Crippen LogP contribution in [0.3, 0.4) is 0 Å². The van der Waals surface area contributed by atoms with Crippen molar-refractivity contribution in [2.75, 3.05) is 18.0 Å². The van der Waals surface area contributed by atoms with Crippen molar-refractivity contribution in [2.24, 2.45) is 11.8 Å². The minimum atomic E-state index is -0.459. The molecule has 0 bridgehead atoms. The summed E-state index contributed by atoms with van der Waals surface area (Å²) in [6, 6.07) is 12.2. The Kier molecular flexibility index (Phi) is 6.26. The first-order valence-electron chi connectivity index (χ1n) is 11.0. The van der Waals surface area contributed by atoms with E-state index in [0.29, 0.717) is 35.8 Å². The lowest BCUT2D eigenvalue weighted by molar-refractivity contribution is -0.144. The number of hydrogen-bond donors (Lipinski definition) is 0. The van der Waals surface area contributed by atoms with E-state index < -0.39 is 5.82 Å². The van der Waals surface area contributed by atoms with Gasteiger partial charge in [0.05, 0.1) is 12.5 Å². The molecule has 172 valence electrons. The van der Waals surface area contributed by atoms with Crippen molar-refractivity contribution in [3.8, 4) is 11.5 Å². The zero-order chi connectivity index (χ0) is 23.7. The van der Waals surface area contributed by atoms with Gasteiger partial charge in [-0.05, 0) is 36.8 Å². The molecule has 0 unspecified atom stereocenters. The monoisotopic (exact) mass is 450 g/mol. The smallest absolute Gasteiger partial charge is 0.247 e. The average molecular weight is 451 g/mol. The summed E-state index contributed by atoms with van der Waals surface area (Å²) in [6.45, 7) is 8.15. The summed E-state index contributed by atoms with van der Waals surface area (Å²) in [6.07, 6.45) is 0. The molecule has 4 rings (SSSR count). The van der Waals surface area contributed by atoms with Crippen LogP contribution in [0.1, 0.15) is 30.9 Å². The Labute approximate surface area is 192 Å². The number of hydrogen-bond acceptors (Lipinski definition) is 5. The summed E-state index contributed by atoms with van der Waals surface area (Å²) < 4.78 is 20.4. The van der Waals surface area contributed by atoms with E-state index in [1.807, 2.05) is 45.0 Å². The summed E-state index contributed by atoms with van der Waals surface area (Å²) in [5.41, 5.74) is 2.55. The number of amides is 2. The lowest BCUT2D eigenvalue weighted by Gasteiger charge is -2.41. The van der Waals surface area contributed by atoms with Crippen molar-refractivity contribution in [3.05, 3.63) is 65.3 Å². The molecule has 1 fully saturated rings. The van der Waals surface area contributed by atoms with Crippen molar-refractivity contribution < 1.29 is 18.4 Å². The summed E-state index contributed by atoms with van der Waals surface area (Å²) in [7, 11) is 0. The molecule has 33 heavy (non-hydrogen) atoms. The van der Waals surface area contributed by atoms with Crippen LogP contribution in [-0.4, -0.2) is 40.0 Å². The molecule has 0 radical (unpaired) electrons. The fourth-order valence-electron chi connectivity index (χ4n) is 3.88. The predicted octanol–water partition coefficient (Wildman–Crippen LogP) is 4.14. The lowest BCUT2D eigenvalue weighted by atomic mass is 9.95. The number of benzene rings is 2. The quantitative estimate of drug-likeness (QED) is 0.564. The molecule has 0 saturated carbocycles. The van der Waals surface area contributed by atoms with Gasteiger partial charge in [0.25, 0.3) is 0 Å². The van der Waals surface area contributed by atoms with Gasteiger partial charge >= 0.3 is 0 Å². The Morgan fingerprint density at radius 2 is 1.91 bits per heavy atom. The lowest BCUT2D eigenvalue weighted by Crippen LogP contribution is -2.57. The van der Waals surface area contributed by atoms with Crippen LogP contribution < -0.4 is 4.90 Å². The molecule has 1 aromatic heterocycles. The number of aromatic nitrogens is 2. The Morgan fingerprint density at radius 3 is 2.52 bits per heavy atom. The molecule has 2 aromatic carbocycles.